The molecule has 0 radical (unpaired) electrons. The van der Waals surface area contributed by atoms with E-state index in [9.17, 15) is 4.79 Å². The molecular formula is C19H25N3O4. The first-order chi connectivity index (χ1) is 12.6. The van der Waals surface area contributed by atoms with Crippen molar-refractivity contribution in [2.75, 3.05) is 20.3 Å². The summed E-state index contributed by atoms with van der Waals surface area (Å²) in [7, 11) is 1.79. The van der Waals surface area contributed by atoms with E-state index in [1.54, 1.807) is 7.11 Å². The zero-order valence-corrected chi connectivity index (χ0v) is 15.0. The number of likely N-dealkylation sites (tertiary alicyclic amines) is 1. The van der Waals surface area contributed by atoms with Crippen molar-refractivity contribution in [2.45, 2.75) is 50.0 Å². The van der Waals surface area contributed by atoms with Gasteiger partial charge in [-0.2, -0.15) is 0 Å². The van der Waals surface area contributed by atoms with Crippen LogP contribution in [0, 0.1) is 0 Å². The third-order valence-electron chi connectivity index (χ3n) is 5.93. The summed E-state index contributed by atoms with van der Waals surface area (Å²) >= 11 is 0. The number of carboxylic acids is 1. The number of rotatable bonds is 6. The van der Waals surface area contributed by atoms with Gasteiger partial charge in [0, 0.05) is 37.8 Å². The van der Waals surface area contributed by atoms with Gasteiger partial charge in [-0.15, -0.1) is 0 Å². The van der Waals surface area contributed by atoms with Crippen molar-refractivity contribution >= 4 is 17.0 Å². The maximum atomic E-state index is 10.8. The zero-order chi connectivity index (χ0) is 18.1. The van der Waals surface area contributed by atoms with Crippen LogP contribution in [0.25, 0.3) is 11.0 Å². The molecule has 0 amide bonds. The average molecular weight is 359 g/mol. The largest absolute Gasteiger partial charge is 0.480 e. The van der Waals surface area contributed by atoms with Gasteiger partial charge in [0.25, 0.3) is 0 Å². The Kier molecular flexibility index (Phi) is 4.69. The highest BCUT2D eigenvalue weighted by molar-refractivity contribution is 5.75. The summed E-state index contributed by atoms with van der Waals surface area (Å²) in [5.41, 5.74) is 1.78. The van der Waals surface area contributed by atoms with Crippen molar-refractivity contribution < 1.29 is 19.4 Å². The van der Waals surface area contributed by atoms with Gasteiger partial charge in [-0.1, -0.05) is 0 Å². The fourth-order valence-electron chi connectivity index (χ4n) is 4.55. The zero-order valence-electron chi connectivity index (χ0n) is 15.0. The molecule has 0 bridgehead atoms. The number of hydrogen-bond acceptors (Lipinski definition) is 5. The lowest BCUT2D eigenvalue weighted by atomic mass is 9.79. The highest BCUT2D eigenvalue weighted by atomic mass is 16.5. The predicted octanol–water partition coefficient (Wildman–Crippen LogP) is 2.18. The number of hydrogen-bond donors (Lipinski definition) is 2. The van der Waals surface area contributed by atoms with Crippen molar-refractivity contribution in [3.8, 4) is 0 Å². The van der Waals surface area contributed by atoms with Gasteiger partial charge in [0.1, 0.15) is 12.3 Å². The Morgan fingerprint density at radius 1 is 1.42 bits per heavy atom. The standard InChI is InChI=1S/C19H25N3O4/c1-25-19-6-4-15(26-12-17(23)24)10-16(19)22(9-7-19)11-14-3-2-13-5-8-20-18(13)21-14/h2-3,5,8,15-16H,4,6-7,9-12H2,1H3,(H,20,21)(H,23,24)/t15-,16+,19-/m1/s1. The van der Waals surface area contributed by atoms with Crippen LogP contribution in [-0.2, 0) is 20.8 Å². The molecular weight excluding hydrogens is 334 g/mol. The normalized spacial score (nSPS) is 29.1. The van der Waals surface area contributed by atoms with Crippen LogP contribution in [0.3, 0.4) is 0 Å². The number of aromatic amines is 1. The minimum atomic E-state index is -0.916. The monoisotopic (exact) mass is 359 g/mol. The molecule has 7 nitrogen and oxygen atoms in total. The molecule has 2 aromatic rings. The van der Waals surface area contributed by atoms with E-state index < -0.39 is 5.97 Å². The molecule has 1 saturated carbocycles. The summed E-state index contributed by atoms with van der Waals surface area (Å²) in [5.74, 6) is -0.916. The Bertz CT molecular complexity index is 792. The van der Waals surface area contributed by atoms with E-state index in [1.807, 2.05) is 12.3 Å². The lowest BCUT2D eigenvalue weighted by molar-refractivity contribution is -0.148. The second kappa shape index (κ2) is 6.98. The van der Waals surface area contributed by atoms with E-state index in [0.29, 0.717) is 0 Å². The van der Waals surface area contributed by atoms with E-state index in [4.69, 9.17) is 19.6 Å². The van der Waals surface area contributed by atoms with E-state index in [1.165, 1.54) is 0 Å². The number of H-pyrrole nitrogens is 1. The molecule has 140 valence electrons. The van der Waals surface area contributed by atoms with Gasteiger partial charge in [0.05, 0.1) is 17.4 Å². The molecule has 7 heteroatoms. The lowest BCUT2D eigenvalue weighted by Gasteiger charge is -2.43. The quantitative estimate of drug-likeness (QED) is 0.822. The Morgan fingerprint density at radius 2 is 2.31 bits per heavy atom. The van der Waals surface area contributed by atoms with Crippen LogP contribution in [0.2, 0.25) is 0 Å². The Labute approximate surface area is 152 Å². The summed E-state index contributed by atoms with van der Waals surface area (Å²) in [4.78, 5) is 21.1. The minimum absolute atomic E-state index is 0.0289. The van der Waals surface area contributed by atoms with Crippen LogP contribution >= 0.6 is 0 Å². The molecule has 0 spiro atoms. The number of aliphatic carboxylic acids is 1. The first-order valence-electron chi connectivity index (χ1n) is 9.15. The van der Waals surface area contributed by atoms with Crippen LogP contribution < -0.4 is 0 Å². The molecule has 3 heterocycles. The van der Waals surface area contributed by atoms with Gasteiger partial charge < -0.3 is 19.6 Å². The van der Waals surface area contributed by atoms with Gasteiger partial charge in [0.15, 0.2) is 0 Å². The molecule has 2 aliphatic rings. The number of nitrogens with one attached hydrogen (secondary N) is 1. The highest BCUT2D eigenvalue weighted by Gasteiger charge is 2.51. The maximum absolute atomic E-state index is 10.8. The molecule has 2 fully saturated rings. The molecule has 2 N–H and O–H groups in total. The van der Waals surface area contributed by atoms with Gasteiger partial charge in [0.2, 0.25) is 0 Å². The van der Waals surface area contributed by atoms with Crippen LogP contribution in [-0.4, -0.2) is 64.0 Å². The number of methoxy groups -OCH3 is 1. The first-order valence-corrected chi connectivity index (χ1v) is 9.15. The molecule has 0 aromatic carbocycles. The van der Waals surface area contributed by atoms with Gasteiger partial charge in [-0.3, -0.25) is 4.90 Å². The fraction of sp³-hybridized carbons (Fsp3) is 0.579. The summed E-state index contributed by atoms with van der Waals surface area (Å²) < 4.78 is 11.5. The molecule has 0 unspecified atom stereocenters. The predicted molar refractivity (Wildman–Crippen MR) is 95.9 cm³/mol. The molecule has 3 atom stereocenters. The summed E-state index contributed by atoms with van der Waals surface area (Å²) in [5, 5.41) is 9.98. The van der Waals surface area contributed by atoms with Crippen LogP contribution in [0.5, 0.6) is 0 Å². The second-order valence-corrected chi connectivity index (χ2v) is 7.32. The summed E-state index contributed by atoms with van der Waals surface area (Å²) in [6.07, 6.45) is 5.41. The van der Waals surface area contributed by atoms with Crippen molar-refractivity contribution in [3.05, 3.63) is 30.1 Å². The Hall–Kier alpha value is -1.96. The average Bonchev–Trinajstić information content (AvgIpc) is 3.25. The number of pyridine rings is 1. The van der Waals surface area contributed by atoms with Gasteiger partial charge >= 0.3 is 5.97 Å². The molecule has 1 aliphatic carbocycles. The maximum Gasteiger partial charge on any atom is 0.329 e. The summed E-state index contributed by atoms with van der Waals surface area (Å²) in [6.45, 7) is 1.48. The topological polar surface area (TPSA) is 87.7 Å². The fourth-order valence-corrected chi connectivity index (χ4v) is 4.55. The van der Waals surface area contributed by atoms with Crippen LogP contribution in [0.4, 0.5) is 0 Å². The molecule has 4 rings (SSSR count). The van der Waals surface area contributed by atoms with Crippen LogP contribution in [0.15, 0.2) is 24.4 Å². The Balaban J connectivity index is 1.49. The second-order valence-electron chi connectivity index (χ2n) is 7.32. The van der Waals surface area contributed by atoms with Crippen molar-refractivity contribution in [2.24, 2.45) is 0 Å². The molecule has 26 heavy (non-hydrogen) atoms. The smallest absolute Gasteiger partial charge is 0.329 e. The van der Waals surface area contributed by atoms with Crippen molar-refractivity contribution in [1.82, 2.24) is 14.9 Å². The van der Waals surface area contributed by atoms with E-state index in [-0.39, 0.29) is 24.4 Å². The van der Waals surface area contributed by atoms with E-state index >= 15 is 0 Å². The van der Waals surface area contributed by atoms with Gasteiger partial charge in [-0.25, -0.2) is 9.78 Å². The number of carbonyl (C=O) groups is 1. The van der Waals surface area contributed by atoms with Gasteiger partial charge in [-0.05, 0) is 43.9 Å². The number of ether oxygens (including phenoxy) is 2. The number of aromatic nitrogens is 2. The van der Waals surface area contributed by atoms with Crippen molar-refractivity contribution in [3.63, 3.8) is 0 Å². The Morgan fingerprint density at radius 3 is 3.12 bits per heavy atom. The minimum Gasteiger partial charge on any atom is -0.480 e. The van der Waals surface area contributed by atoms with E-state index in [2.05, 4.69) is 22.0 Å². The molecule has 2 aromatic heterocycles. The lowest BCUT2D eigenvalue weighted by Crippen LogP contribution is -2.51. The third kappa shape index (κ3) is 3.22. The molecule has 1 saturated heterocycles. The van der Waals surface area contributed by atoms with E-state index in [0.717, 1.165) is 55.5 Å². The number of fused-ring (bicyclic) bond motifs is 2. The molecule has 1 aliphatic heterocycles. The van der Waals surface area contributed by atoms with Crippen LogP contribution in [0.1, 0.15) is 31.4 Å². The SMILES string of the molecule is CO[C@@]12CC[C@@H](OCC(=O)O)C[C@@H]1N(Cc1ccc3cc[nH]c3n1)CC2. The number of nitrogens with zero attached hydrogens (tertiary/aromatic N) is 2. The number of carboxylic acid groups (broad SMARTS) is 1. The highest BCUT2D eigenvalue weighted by Crippen LogP contribution is 2.43. The first kappa shape index (κ1) is 17.5. The third-order valence-corrected chi connectivity index (χ3v) is 5.93. The van der Waals surface area contributed by atoms with Crippen molar-refractivity contribution in [1.29, 1.82) is 0 Å². The summed E-state index contributed by atoms with van der Waals surface area (Å²) in [6, 6.07) is 6.40.